The Morgan fingerprint density at radius 2 is 2.41 bits per heavy atom. The first-order valence-corrected chi connectivity index (χ1v) is 8.24. The first-order valence-electron chi connectivity index (χ1n) is 6.29. The van der Waals surface area contributed by atoms with E-state index in [4.69, 9.17) is 0 Å². The number of nitrogens with one attached hydrogen (secondary N) is 1. The average Bonchev–Trinajstić information content (AvgIpc) is 2.37. The fraction of sp³-hybridized carbons (Fsp3) is 0.571. The molecular formula is C14H20BrNS. The van der Waals surface area contributed by atoms with Gasteiger partial charge in [-0.2, -0.15) is 11.8 Å². The molecule has 1 aliphatic rings. The molecule has 1 fully saturated rings. The van der Waals surface area contributed by atoms with Gasteiger partial charge in [0.15, 0.2) is 0 Å². The van der Waals surface area contributed by atoms with Crippen LogP contribution in [-0.4, -0.2) is 25.1 Å². The minimum absolute atomic E-state index is 0.658. The van der Waals surface area contributed by atoms with E-state index in [1.54, 1.807) is 0 Å². The molecule has 1 heterocycles. The Morgan fingerprint density at radius 1 is 1.53 bits per heavy atom. The average molecular weight is 314 g/mol. The summed E-state index contributed by atoms with van der Waals surface area (Å²) in [7, 11) is 2.06. The molecular weight excluding hydrogens is 294 g/mol. The summed E-state index contributed by atoms with van der Waals surface area (Å²) in [6.45, 7) is 1.08. The van der Waals surface area contributed by atoms with E-state index in [1.165, 1.54) is 34.4 Å². The molecule has 2 atom stereocenters. The van der Waals surface area contributed by atoms with Crippen LogP contribution < -0.4 is 5.32 Å². The summed E-state index contributed by atoms with van der Waals surface area (Å²) in [5.74, 6) is 4.15. The minimum Gasteiger partial charge on any atom is -0.319 e. The van der Waals surface area contributed by atoms with E-state index in [1.807, 2.05) is 0 Å². The summed E-state index contributed by atoms with van der Waals surface area (Å²) in [5, 5.41) is 3.36. The zero-order chi connectivity index (χ0) is 12.1. The lowest BCUT2D eigenvalue weighted by atomic mass is 9.84. The molecule has 1 nitrogen and oxygen atoms in total. The SMILES string of the molecule is CNCC(c1cccc(Br)c1)C1CCCSC1. The van der Waals surface area contributed by atoms with Crippen LogP contribution in [0.25, 0.3) is 0 Å². The third kappa shape index (κ3) is 3.73. The van der Waals surface area contributed by atoms with Gasteiger partial charge in [-0.1, -0.05) is 28.1 Å². The molecule has 1 saturated heterocycles. The number of rotatable bonds is 4. The molecule has 2 unspecified atom stereocenters. The molecule has 0 amide bonds. The van der Waals surface area contributed by atoms with Crippen molar-refractivity contribution in [1.82, 2.24) is 5.32 Å². The molecule has 2 rings (SSSR count). The summed E-state index contributed by atoms with van der Waals surface area (Å²) < 4.78 is 1.19. The van der Waals surface area contributed by atoms with Gasteiger partial charge < -0.3 is 5.32 Å². The Hall–Kier alpha value is 0.01000. The number of halogens is 1. The Morgan fingerprint density at radius 3 is 3.06 bits per heavy atom. The standard InChI is InChI=1S/C14H20BrNS/c1-16-9-14(12-5-3-7-17-10-12)11-4-2-6-13(15)8-11/h2,4,6,8,12,14,16H,3,5,7,9-10H2,1H3. The fourth-order valence-electron chi connectivity index (χ4n) is 2.60. The second-order valence-corrected chi connectivity index (χ2v) is 6.76. The van der Waals surface area contributed by atoms with E-state index in [0.717, 1.165) is 12.5 Å². The molecule has 3 heteroatoms. The molecule has 1 N–H and O–H groups in total. The topological polar surface area (TPSA) is 12.0 Å². The van der Waals surface area contributed by atoms with Crippen molar-refractivity contribution in [2.24, 2.45) is 5.92 Å². The predicted molar refractivity (Wildman–Crippen MR) is 80.9 cm³/mol. The highest BCUT2D eigenvalue weighted by Crippen LogP contribution is 2.35. The lowest BCUT2D eigenvalue weighted by molar-refractivity contribution is 0.413. The third-order valence-electron chi connectivity index (χ3n) is 3.47. The normalized spacial score (nSPS) is 22.4. The van der Waals surface area contributed by atoms with Crippen LogP contribution in [0.15, 0.2) is 28.7 Å². The zero-order valence-corrected chi connectivity index (χ0v) is 12.7. The Bertz CT molecular complexity index is 350. The largest absolute Gasteiger partial charge is 0.319 e. The maximum Gasteiger partial charge on any atom is 0.0178 e. The van der Waals surface area contributed by atoms with Crippen LogP contribution in [0.4, 0.5) is 0 Å². The van der Waals surface area contributed by atoms with E-state index in [2.05, 4.69) is 64.3 Å². The smallest absolute Gasteiger partial charge is 0.0178 e. The highest BCUT2D eigenvalue weighted by Gasteiger charge is 2.24. The molecule has 0 aromatic heterocycles. The second-order valence-electron chi connectivity index (χ2n) is 4.70. The Kier molecular flexibility index (Phi) is 5.39. The maximum absolute atomic E-state index is 3.58. The van der Waals surface area contributed by atoms with E-state index >= 15 is 0 Å². The molecule has 1 aromatic carbocycles. The van der Waals surface area contributed by atoms with Gasteiger partial charge in [-0.15, -0.1) is 0 Å². The van der Waals surface area contributed by atoms with Crippen LogP contribution in [-0.2, 0) is 0 Å². The van der Waals surface area contributed by atoms with Crippen LogP contribution in [0.1, 0.15) is 24.3 Å². The first-order chi connectivity index (χ1) is 8.31. The molecule has 0 bridgehead atoms. The first kappa shape index (κ1) is 13.4. The van der Waals surface area contributed by atoms with Crippen molar-refractivity contribution in [3.8, 4) is 0 Å². The Labute approximate surface area is 117 Å². The van der Waals surface area contributed by atoms with Crippen molar-refractivity contribution in [3.05, 3.63) is 34.3 Å². The van der Waals surface area contributed by atoms with Gasteiger partial charge in [0.1, 0.15) is 0 Å². The fourth-order valence-corrected chi connectivity index (χ4v) is 4.25. The Balaban J connectivity index is 2.15. The molecule has 0 radical (unpaired) electrons. The number of thioether (sulfide) groups is 1. The highest BCUT2D eigenvalue weighted by molar-refractivity contribution is 9.10. The third-order valence-corrected chi connectivity index (χ3v) is 5.20. The molecule has 94 valence electrons. The van der Waals surface area contributed by atoms with Gasteiger partial charge in [0, 0.05) is 11.0 Å². The van der Waals surface area contributed by atoms with Gasteiger partial charge in [-0.25, -0.2) is 0 Å². The highest BCUT2D eigenvalue weighted by atomic mass is 79.9. The summed E-state index contributed by atoms with van der Waals surface area (Å²) >= 11 is 5.70. The van der Waals surface area contributed by atoms with Crippen LogP contribution in [0.5, 0.6) is 0 Å². The van der Waals surface area contributed by atoms with Crippen molar-refractivity contribution in [2.75, 3.05) is 25.1 Å². The molecule has 0 aliphatic carbocycles. The van der Waals surface area contributed by atoms with E-state index in [9.17, 15) is 0 Å². The number of likely N-dealkylation sites (N-methyl/N-ethyl adjacent to an activating group) is 1. The van der Waals surface area contributed by atoms with Crippen molar-refractivity contribution < 1.29 is 0 Å². The summed E-state index contributed by atoms with van der Waals surface area (Å²) in [6, 6.07) is 8.81. The van der Waals surface area contributed by atoms with Gasteiger partial charge in [0.25, 0.3) is 0 Å². The van der Waals surface area contributed by atoms with Gasteiger partial charge in [0.2, 0.25) is 0 Å². The minimum atomic E-state index is 0.658. The summed E-state index contributed by atoms with van der Waals surface area (Å²) in [5.41, 5.74) is 1.47. The lowest BCUT2D eigenvalue weighted by Crippen LogP contribution is -2.27. The van der Waals surface area contributed by atoms with Gasteiger partial charge >= 0.3 is 0 Å². The number of hydrogen-bond donors (Lipinski definition) is 1. The molecule has 1 aromatic rings. The van der Waals surface area contributed by atoms with Gasteiger partial charge in [0.05, 0.1) is 0 Å². The zero-order valence-electron chi connectivity index (χ0n) is 10.3. The maximum atomic E-state index is 3.58. The molecule has 1 aliphatic heterocycles. The van der Waals surface area contributed by atoms with E-state index in [0.29, 0.717) is 5.92 Å². The molecule has 17 heavy (non-hydrogen) atoms. The summed E-state index contributed by atoms with van der Waals surface area (Å²) in [4.78, 5) is 0. The van der Waals surface area contributed by atoms with E-state index < -0.39 is 0 Å². The van der Waals surface area contributed by atoms with Crippen LogP contribution in [0.3, 0.4) is 0 Å². The van der Waals surface area contributed by atoms with Crippen molar-refractivity contribution in [3.63, 3.8) is 0 Å². The van der Waals surface area contributed by atoms with Crippen molar-refractivity contribution in [1.29, 1.82) is 0 Å². The van der Waals surface area contributed by atoms with Crippen molar-refractivity contribution in [2.45, 2.75) is 18.8 Å². The van der Waals surface area contributed by atoms with Crippen molar-refractivity contribution >= 4 is 27.7 Å². The molecule has 0 spiro atoms. The van der Waals surface area contributed by atoms with Gasteiger partial charge in [-0.3, -0.25) is 0 Å². The quantitative estimate of drug-likeness (QED) is 0.905. The monoisotopic (exact) mass is 313 g/mol. The van der Waals surface area contributed by atoms with Crippen LogP contribution in [0.2, 0.25) is 0 Å². The van der Waals surface area contributed by atoms with Crippen LogP contribution in [0, 0.1) is 5.92 Å². The predicted octanol–water partition coefficient (Wildman–Crippen LogP) is 3.90. The lowest BCUT2D eigenvalue weighted by Gasteiger charge is -2.30. The number of hydrogen-bond acceptors (Lipinski definition) is 2. The van der Waals surface area contributed by atoms with Crippen LogP contribution >= 0.6 is 27.7 Å². The second kappa shape index (κ2) is 6.81. The molecule has 0 saturated carbocycles. The number of benzene rings is 1. The van der Waals surface area contributed by atoms with E-state index in [-0.39, 0.29) is 0 Å². The summed E-state index contributed by atoms with van der Waals surface area (Å²) in [6.07, 6.45) is 2.76. The van der Waals surface area contributed by atoms with Gasteiger partial charge in [-0.05, 0) is 60.9 Å².